The van der Waals surface area contributed by atoms with Crippen LogP contribution in [0.4, 0.5) is 0 Å². The standard InChI is InChI=1S/C72H130N16O18/c1-34(2)23-45(80-62(95)46(24-35(3)4)78-53(91)30-74-52(90)29-76-69(102)58(42(17)18)88-71(104)59(43(19)20)85-55(93)32-77-68(101)57(41(15)16)87-67(100)56(73)40(13)14)61(94)75-31-54(92)79-51(33-89)66(99)82-47(25-36(5)6)63(96)81-49(27-38(9)10)65(98)86-60(44(21)22)70(103)83-48(26-37(7)8)64(97)84-50(72(105)106)28-39(11)12/h34-51,56-60,89H,23-33,73H2,1-22H3,(H,74,90)(H,75,94)(H,76,102)(H,77,101)(H,78,91)(H,79,92)(H,80,95)(H,81,96)(H,82,99)(H,83,103)(H,84,97)(H,85,93)(H,86,98)(H,87,100)(H,88,104)(H,105,106)/t45-,46-,47-,48-,49-,50-,51-,56-,57-,58-,59-,60-/m0/s1. The van der Waals surface area contributed by atoms with Crippen LogP contribution >= 0.6 is 0 Å². The van der Waals surface area contributed by atoms with Crippen LogP contribution in [-0.4, -0.2) is 210 Å². The smallest absolute Gasteiger partial charge is 0.326 e. The number of rotatable bonds is 49. The molecule has 0 aromatic carbocycles. The van der Waals surface area contributed by atoms with Gasteiger partial charge in [-0.2, -0.15) is 0 Å². The molecule has 0 aliphatic carbocycles. The highest BCUT2D eigenvalue weighted by atomic mass is 16.4. The van der Waals surface area contributed by atoms with Crippen LogP contribution in [0.3, 0.4) is 0 Å². The number of aliphatic carboxylic acids is 1. The summed E-state index contributed by atoms with van der Waals surface area (Å²) in [5.74, 6) is -16.1. The lowest BCUT2D eigenvalue weighted by molar-refractivity contribution is -0.143. The first-order valence-electron chi connectivity index (χ1n) is 37.0. The van der Waals surface area contributed by atoms with Gasteiger partial charge in [0.05, 0.1) is 38.8 Å². The van der Waals surface area contributed by atoms with Gasteiger partial charge in [0, 0.05) is 0 Å². The molecular formula is C72H130N16O18. The summed E-state index contributed by atoms with van der Waals surface area (Å²) in [6.45, 7) is 34.6. The molecule has 0 radical (unpaired) electrons. The molecule has 34 heteroatoms. The van der Waals surface area contributed by atoms with Gasteiger partial charge in [0.25, 0.3) is 0 Å². The number of hydrogen-bond donors (Lipinski definition) is 18. The minimum absolute atomic E-state index is 0.0145. The summed E-state index contributed by atoms with van der Waals surface area (Å²) in [7, 11) is 0. The van der Waals surface area contributed by atoms with Crippen molar-refractivity contribution >= 4 is 94.6 Å². The van der Waals surface area contributed by atoms with Crippen molar-refractivity contribution in [1.82, 2.24) is 79.8 Å². The highest BCUT2D eigenvalue weighted by molar-refractivity contribution is 5.99. The molecule has 0 aliphatic rings. The van der Waals surface area contributed by atoms with Gasteiger partial charge in [0.1, 0.15) is 66.5 Å². The fourth-order valence-corrected chi connectivity index (χ4v) is 10.7. The van der Waals surface area contributed by atoms with Crippen LogP contribution in [0.2, 0.25) is 0 Å². The lowest BCUT2D eigenvalue weighted by atomic mass is 9.97. The quantitative estimate of drug-likeness (QED) is 0.0338. The molecule has 19 N–H and O–H groups in total. The van der Waals surface area contributed by atoms with E-state index in [9.17, 15) is 86.9 Å². The number of carbonyl (C=O) groups excluding carboxylic acids is 15. The Morgan fingerprint density at radius 3 is 0.830 bits per heavy atom. The minimum Gasteiger partial charge on any atom is -0.480 e. The maximum absolute atomic E-state index is 14.2. The zero-order chi connectivity index (χ0) is 81.9. The first-order valence-corrected chi connectivity index (χ1v) is 37.0. The third-order valence-corrected chi connectivity index (χ3v) is 16.6. The molecule has 12 atom stereocenters. The van der Waals surface area contributed by atoms with Gasteiger partial charge in [-0.15, -0.1) is 0 Å². The van der Waals surface area contributed by atoms with Gasteiger partial charge in [0.2, 0.25) is 88.6 Å². The molecule has 0 heterocycles. The van der Waals surface area contributed by atoms with Crippen LogP contribution in [0.1, 0.15) is 191 Å². The SMILES string of the molecule is CC(C)C[C@H](NC(=O)[C@H](CC(C)C)NC(=O)[C@@H](NC(=O)[C@H](CC(C)C)NC(=O)[C@H](CC(C)C)NC(=O)[C@H](CO)NC(=O)CNC(=O)[C@H](CC(C)C)NC(=O)[C@H](CC(C)C)NC(=O)CNC(=O)CNC(=O)[C@@H](NC(=O)[C@@H](NC(=O)CNC(=O)[C@@H](NC(=O)[C@@H](N)C(C)C)C(C)C)C(C)C)C(C)C)C(C)C)C(=O)O. The van der Waals surface area contributed by atoms with E-state index in [2.05, 4.69) is 79.8 Å². The normalized spacial score (nSPS) is 15.0. The second-order valence-corrected chi connectivity index (χ2v) is 31.5. The molecule has 0 saturated heterocycles. The Morgan fingerprint density at radius 1 is 0.245 bits per heavy atom. The third kappa shape index (κ3) is 38.1. The molecule has 15 amide bonds. The molecule has 0 unspecified atom stereocenters. The van der Waals surface area contributed by atoms with Crippen molar-refractivity contribution in [2.24, 2.45) is 70.8 Å². The monoisotopic (exact) mass is 1510 g/mol. The van der Waals surface area contributed by atoms with Gasteiger partial charge in [-0.05, 0) is 104 Å². The van der Waals surface area contributed by atoms with E-state index in [-0.39, 0.29) is 85.9 Å². The Hall–Kier alpha value is -8.56. The average molecular weight is 1510 g/mol. The van der Waals surface area contributed by atoms with Crippen molar-refractivity contribution in [3.05, 3.63) is 0 Å². The molecular weight excluding hydrogens is 1380 g/mol. The Bertz CT molecular complexity index is 2940. The molecule has 0 spiro atoms. The van der Waals surface area contributed by atoms with Gasteiger partial charge in [-0.1, -0.05) is 152 Å². The number of carbonyl (C=O) groups is 16. The molecule has 106 heavy (non-hydrogen) atoms. The summed E-state index contributed by atoms with van der Waals surface area (Å²) >= 11 is 0. The van der Waals surface area contributed by atoms with Crippen LogP contribution in [0.15, 0.2) is 0 Å². The van der Waals surface area contributed by atoms with E-state index in [1.807, 2.05) is 13.8 Å². The average Bonchev–Trinajstić information content (AvgIpc) is 0.864. The first kappa shape index (κ1) is 97.4. The predicted octanol–water partition coefficient (Wildman–Crippen LogP) is -1.26. The fraction of sp³-hybridized carbons (Fsp3) is 0.778. The molecule has 606 valence electrons. The largest absolute Gasteiger partial charge is 0.480 e. The molecule has 0 saturated carbocycles. The molecule has 0 bridgehead atoms. The Kier molecular flexibility index (Phi) is 44.7. The summed E-state index contributed by atoms with van der Waals surface area (Å²) in [4.78, 5) is 215. The summed E-state index contributed by atoms with van der Waals surface area (Å²) in [6.07, 6.45) is 0.477. The highest BCUT2D eigenvalue weighted by Crippen LogP contribution is 2.16. The number of carboxylic acid groups (broad SMARTS) is 1. The lowest BCUT2D eigenvalue weighted by Crippen LogP contribution is -2.61. The van der Waals surface area contributed by atoms with Crippen LogP contribution in [0.25, 0.3) is 0 Å². The van der Waals surface area contributed by atoms with E-state index in [1.54, 1.807) is 138 Å². The van der Waals surface area contributed by atoms with Crippen molar-refractivity contribution < 1.29 is 86.9 Å². The van der Waals surface area contributed by atoms with E-state index in [4.69, 9.17) is 5.73 Å². The van der Waals surface area contributed by atoms with E-state index in [0.717, 1.165) is 0 Å². The Morgan fingerprint density at radius 2 is 0.481 bits per heavy atom. The molecule has 0 fully saturated rings. The van der Waals surface area contributed by atoms with Crippen molar-refractivity contribution in [3.63, 3.8) is 0 Å². The number of carboxylic acids is 1. The van der Waals surface area contributed by atoms with Gasteiger partial charge in [-0.3, -0.25) is 71.9 Å². The number of hydrogen-bond acceptors (Lipinski definition) is 18. The van der Waals surface area contributed by atoms with Crippen LogP contribution < -0.4 is 85.5 Å². The van der Waals surface area contributed by atoms with E-state index >= 15 is 0 Å². The number of aliphatic hydroxyl groups excluding tert-OH is 1. The summed E-state index contributed by atoms with van der Waals surface area (Å²) in [6, 6.07) is -14.7. The number of aliphatic hydroxyl groups is 1. The van der Waals surface area contributed by atoms with Crippen LogP contribution in [0.5, 0.6) is 0 Å². The molecule has 0 aromatic heterocycles. The molecule has 0 aliphatic heterocycles. The first-order chi connectivity index (χ1) is 49.0. The van der Waals surface area contributed by atoms with E-state index in [0.29, 0.717) is 0 Å². The summed E-state index contributed by atoms with van der Waals surface area (Å²) in [5.41, 5.74) is 5.94. The van der Waals surface area contributed by atoms with Gasteiger partial charge in [-0.25, -0.2) is 4.79 Å². The van der Waals surface area contributed by atoms with Gasteiger partial charge >= 0.3 is 5.97 Å². The molecule has 0 aromatic rings. The predicted molar refractivity (Wildman–Crippen MR) is 397 cm³/mol. The van der Waals surface area contributed by atoms with Crippen molar-refractivity contribution in [3.8, 4) is 0 Å². The van der Waals surface area contributed by atoms with E-state index in [1.165, 1.54) is 0 Å². The van der Waals surface area contributed by atoms with Crippen molar-refractivity contribution in [2.45, 2.75) is 263 Å². The number of amides is 15. The second-order valence-electron chi connectivity index (χ2n) is 31.5. The van der Waals surface area contributed by atoms with E-state index < -0.39 is 218 Å². The summed E-state index contributed by atoms with van der Waals surface area (Å²) < 4.78 is 0. The van der Waals surface area contributed by atoms with Crippen molar-refractivity contribution in [2.75, 3.05) is 32.8 Å². The molecule has 0 rings (SSSR count). The molecule has 34 nitrogen and oxygen atoms in total. The summed E-state index contributed by atoms with van der Waals surface area (Å²) in [5, 5.41) is 58.3. The second kappa shape index (κ2) is 48.6. The highest BCUT2D eigenvalue weighted by Gasteiger charge is 2.38. The number of nitrogens with two attached hydrogens (primary N) is 1. The zero-order valence-electron chi connectivity index (χ0n) is 66.6. The van der Waals surface area contributed by atoms with Gasteiger partial charge < -0.3 is 95.7 Å². The number of nitrogens with one attached hydrogen (secondary N) is 15. The van der Waals surface area contributed by atoms with Crippen LogP contribution in [0, 0.1) is 65.1 Å². The zero-order valence-corrected chi connectivity index (χ0v) is 66.6. The maximum atomic E-state index is 14.2. The fourth-order valence-electron chi connectivity index (χ4n) is 10.7. The topological polar surface area (TPSA) is 520 Å². The lowest BCUT2D eigenvalue weighted by Gasteiger charge is -2.30. The van der Waals surface area contributed by atoms with Crippen molar-refractivity contribution in [1.29, 1.82) is 0 Å². The third-order valence-electron chi connectivity index (χ3n) is 16.6. The van der Waals surface area contributed by atoms with Gasteiger partial charge in [0.15, 0.2) is 0 Å². The maximum Gasteiger partial charge on any atom is 0.326 e. The van der Waals surface area contributed by atoms with Crippen LogP contribution in [-0.2, 0) is 76.7 Å². The Labute approximate surface area is 625 Å². The minimum atomic E-state index is -1.67. The Balaban J connectivity index is 6.04.